The molecule has 2 N–H and O–H groups in total. The highest BCUT2D eigenvalue weighted by molar-refractivity contribution is 5.80. The van der Waals surface area contributed by atoms with Crippen molar-refractivity contribution in [2.24, 2.45) is 5.10 Å². The van der Waals surface area contributed by atoms with Crippen LogP contribution in [0.4, 0.5) is 49.9 Å². The number of alkyl halides is 6. The van der Waals surface area contributed by atoms with Crippen LogP contribution >= 0.6 is 0 Å². The van der Waals surface area contributed by atoms with E-state index >= 15 is 0 Å². The molecule has 2 aromatic carbocycles. The van der Waals surface area contributed by atoms with Gasteiger partial charge >= 0.3 is 12.7 Å². The number of benzene rings is 2. The van der Waals surface area contributed by atoms with E-state index < -0.39 is 18.5 Å². The van der Waals surface area contributed by atoms with Crippen molar-refractivity contribution in [1.82, 2.24) is 15.0 Å². The quantitative estimate of drug-likeness (QED) is 0.197. The number of methoxy groups -OCH3 is 1. The minimum atomic E-state index is -4.81. The molecule has 0 amide bonds. The van der Waals surface area contributed by atoms with E-state index in [-0.39, 0.29) is 23.6 Å². The number of rotatable bonds is 11. The lowest BCUT2D eigenvalue weighted by Crippen LogP contribution is -2.25. The van der Waals surface area contributed by atoms with Gasteiger partial charge < -0.3 is 24.4 Å². The fraction of sp³-hybridized carbons (Fsp3) is 0.273. The number of halogens is 6. The maximum Gasteiger partial charge on any atom is 0.573 e. The van der Waals surface area contributed by atoms with Gasteiger partial charge in [-0.3, -0.25) is 0 Å². The summed E-state index contributed by atoms with van der Waals surface area (Å²) < 4.78 is 86.8. The molecule has 0 fully saturated rings. The summed E-state index contributed by atoms with van der Waals surface area (Å²) in [5.74, 6) is -0.490. The van der Waals surface area contributed by atoms with E-state index in [0.717, 1.165) is 24.3 Å². The molecule has 3 aromatic rings. The van der Waals surface area contributed by atoms with Gasteiger partial charge in [-0.15, -0.1) is 26.3 Å². The van der Waals surface area contributed by atoms with Gasteiger partial charge in [-0.25, -0.2) is 5.43 Å². The van der Waals surface area contributed by atoms with Crippen LogP contribution < -0.4 is 25.1 Å². The average molecular weight is 545 g/mol. The molecule has 3 rings (SSSR count). The van der Waals surface area contributed by atoms with Gasteiger partial charge in [0, 0.05) is 26.4 Å². The number of nitrogens with one attached hydrogen (secondary N) is 2. The fourth-order valence-electron chi connectivity index (χ4n) is 2.76. The Balaban J connectivity index is 1.75. The molecule has 0 spiro atoms. The Kier molecular flexibility index (Phi) is 9.11. The Bertz CT molecular complexity index is 1210. The molecule has 0 bridgehead atoms. The molecule has 38 heavy (non-hydrogen) atoms. The van der Waals surface area contributed by atoms with Crippen molar-refractivity contribution < 1.29 is 40.6 Å². The first-order chi connectivity index (χ1) is 17.9. The molecule has 0 unspecified atom stereocenters. The van der Waals surface area contributed by atoms with Crippen LogP contribution in [0.3, 0.4) is 0 Å². The number of likely N-dealkylation sites (N-methyl/N-ethyl adjacent to an activating group) is 1. The monoisotopic (exact) mass is 545 g/mol. The molecule has 0 aliphatic heterocycles. The molecule has 0 radical (unpaired) electrons. The van der Waals surface area contributed by atoms with E-state index in [1.165, 1.54) is 37.6 Å². The highest BCUT2D eigenvalue weighted by Gasteiger charge is 2.31. The molecular formula is C22H21F6N7O3. The molecule has 0 saturated heterocycles. The van der Waals surface area contributed by atoms with Crippen molar-refractivity contribution in [2.75, 3.05) is 43.0 Å². The van der Waals surface area contributed by atoms with Crippen molar-refractivity contribution in [3.63, 3.8) is 0 Å². The SMILES string of the molecule is COCCN(C)c1nc(N/N=C/c2ccc(OC(F)(F)F)cc2)nc(Nc2ccc(OC(F)(F)F)cc2)n1. The lowest BCUT2D eigenvalue weighted by Gasteiger charge is -2.18. The lowest BCUT2D eigenvalue weighted by atomic mass is 10.2. The summed E-state index contributed by atoms with van der Waals surface area (Å²) in [5.41, 5.74) is 3.44. The maximum atomic E-state index is 12.4. The summed E-state index contributed by atoms with van der Waals surface area (Å²) in [6, 6.07) is 9.92. The van der Waals surface area contributed by atoms with Crippen LogP contribution in [-0.4, -0.2) is 61.2 Å². The standard InChI is InChI=1S/C22H21F6N7O3/c1-35(11-12-36-2)20-32-18(30-15-5-9-17(10-6-15)38-22(26,27)28)31-19(33-20)34-29-13-14-3-7-16(8-4-14)37-21(23,24)25/h3-10,13H,11-12H2,1-2H3,(H2,30,31,32,33,34)/b29-13+. The number of ether oxygens (including phenoxy) is 3. The summed E-state index contributed by atoms with van der Waals surface area (Å²) in [6.07, 6.45) is -8.29. The van der Waals surface area contributed by atoms with Gasteiger partial charge in [-0.2, -0.15) is 20.1 Å². The van der Waals surface area contributed by atoms with Crippen LogP contribution in [-0.2, 0) is 4.74 Å². The maximum absolute atomic E-state index is 12.4. The molecular weight excluding hydrogens is 524 g/mol. The smallest absolute Gasteiger partial charge is 0.406 e. The van der Waals surface area contributed by atoms with Crippen LogP contribution in [0, 0.1) is 0 Å². The first-order valence-electron chi connectivity index (χ1n) is 10.6. The first-order valence-corrected chi connectivity index (χ1v) is 10.6. The molecule has 1 heterocycles. The van der Waals surface area contributed by atoms with Gasteiger partial charge in [0.05, 0.1) is 12.8 Å². The molecule has 204 valence electrons. The molecule has 0 saturated carbocycles. The van der Waals surface area contributed by atoms with Crippen LogP contribution in [0.2, 0.25) is 0 Å². The van der Waals surface area contributed by atoms with Crippen molar-refractivity contribution in [3.05, 3.63) is 54.1 Å². The van der Waals surface area contributed by atoms with E-state index in [0.29, 0.717) is 24.4 Å². The Hall–Kier alpha value is -4.34. The van der Waals surface area contributed by atoms with Crippen LogP contribution in [0.25, 0.3) is 0 Å². The van der Waals surface area contributed by atoms with E-state index in [9.17, 15) is 26.3 Å². The third-order valence-corrected chi connectivity index (χ3v) is 4.43. The largest absolute Gasteiger partial charge is 0.573 e. The van der Waals surface area contributed by atoms with E-state index in [2.05, 4.69) is 40.3 Å². The third kappa shape index (κ3) is 9.61. The predicted molar refractivity (Wildman–Crippen MR) is 126 cm³/mol. The lowest BCUT2D eigenvalue weighted by molar-refractivity contribution is -0.275. The Labute approximate surface area is 212 Å². The Morgan fingerprint density at radius 1 is 0.842 bits per heavy atom. The summed E-state index contributed by atoms with van der Waals surface area (Å²) in [7, 11) is 3.24. The van der Waals surface area contributed by atoms with Crippen molar-refractivity contribution in [2.45, 2.75) is 12.7 Å². The zero-order valence-electron chi connectivity index (χ0n) is 19.8. The van der Waals surface area contributed by atoms with E-state index in [1.807, 2.05) is 0 Å². The second-order valence-electron chi connectivity index (χ2n) is 7.38. The van der Waals surface area contributed by atoms with Gasteiger partial charge in [0.15, 0.2) is 0 Å². The number of hydrogen-bond acceptors (Lipinski definition) is 10. The Morgan fingerprint density at radius 2 is 1.39 bits per heavy atom. The summed E-state index contributed by atoms with van der Waals surface area (Å²) in [6.45, 7) is 0.805. The van der Waals surface area contributed by atoms with E-state index in [4.69, 9.17) is 4.74 Å². The first kappa shape index (κ1) is 28.2. The molecule has 0 atom stereocenters. The molecule has 10 nitrogen and oxygen atoms in total. The highest BCUT2D eigenvalue weighted by atomic mass is 19.4. The molecule has 1 aromatic heterocycles. The third-order valence-electron chi connectivity index (χ3n) is 4.43. The van der Waals surface area contributed by atoms with Crippen molar-refractivity contribution in [3.8, 4) is 11.5 Å². The minimum Gasteiger partial charge on any atom is -0.406 e. The van der Waals surface area contributed by atoms with E-state index in [1.54, 1.807) is 11.9 Å². The predicted octanol–water partition coefficient (Wildman–Crippen LogP) is 4.94. The van der Waals surface area contributed by atoms with Crippen LogP contribution in [0.15, 0.2) is 53.6 Å². The zero-order valence-corrected chi connectivity index (χ0v) is 19.8. The van der Waals surface area contributed by atoms with Gasteiger partial charge in [-0.05, 0) is 54.1 Å². The normalized spacial score (nSPS) is 11.9. The number of hydrogen-bond donors (Lipinski definition) is 2. The minimum absolute atomic E-state index is 0.00654. The number of nitrogens with zero attached hydrogens (tertiary/aromatic N) is 5. The molecule has 16 heteroatoms. The average Bonchev–Trinajstić information content (AvgIpc) is 2.83. The van der Waals surface area contributed by atoms with Gasteiger partial charge in [-0.1, -0.05) is 0 Å². The van der Waals surface area contributed by atoms with Crippen LogP contribution in [0.1, 0.15) is 5.56 Å². The zero-order chi connectivity index (χ0) is 27.8. The number of aromatic nitrogens is 3. The molecule has 0 aliphatic carbocycles. The highest BCUT2D eigenvalue weighted by Crippen LogP contribution is 2.25. The summed E-state index contributed by atoms with van der Waals surface area (Å²) >= 11 is 0. The van der Waals surface area contributed by atoms with Gasteiger partial charge in [0.2, 0.25) is 17.8 Å². The van der Waals surface area contributed by atoms with Gasteiger partial charge in [0.25, 0.3) is 0 Å². The summed E-state index contributed by atoms with van der Waals surface area (Å²) in [4.78, 5) is 14.4. The number of anilines is 4. The van der Waals surface area contributed by atoms with Crippen molar-refractivity contribution >= 4 is 29.7 Å². The fourth-order valence-corrected chi connectivity index (χ4v) is 2.76. The van der Waals surface area contributed by atoms with Crippen LogP contribution in [0.5, 0.6) is 11.5 Å². The topological polar surface area (TPSA) is 106 Å². The summed E-state index contributed by atoms with van der Waals surface area (Å²) in [5, 5.41) is 6.85. The second kappa shape index (κ2) is 12.3. The second-order valence-corrected chi connectivity index (χ2v) is 7.38. The van der Waals surface area contributed by atoms with Crippen molar-refractivity contribution in [1.29, 1.82) is 0 Å². The van der Waals surface area contributed by atoms with Gasteiger partial charge in [0.1, 0.15) is 11.5 Å². The molecule has 0 aliphatic rings. The number of hydrazone groups is 1. The Morgan fingerprint density at radius 3 is 1.95 bits per heavy atom.